The number of aryl methyl sites for hydroxylation is 1. The molecule has 0 unspecified atom stereocenters. The lowest BCUT2D eigenvalue weighted by Crippen LogP contribution is -1.91. The molecule has 3 heteroatoms. The molecule has 0 spiro atoms. The van der Waals surface area contributed by atoms with Crippen molar-refractivity contribution in [2.24, 2.45) is 7.05 Å². The minimum absolute atomic E-state index is 0.941. The van der Waals surface area contributed by atoms with Gasteiger partial charge in [-0.3, -0.25) is 0 Å². The van der Waals surface area contributed by atoms with E-state index in [0.717, 1.165) is 17.6 Å². The van der Waals surface area contributed by atoms with Gasteiger partial charge in [-0.25, -0.2) is 4.98 Å². The van der Waals surface area contributed by atoms with E-state index in [4.69, 9.17) is 0 Å². The van der Waals surface area contributed by atoms with Gasteiger partial charge in [0.1, 0.15) is 0 Å². The number of rotatable bonds is 3. The summed E-state index contributed by atoms with van der Waals surface area (Å²) in [5.74, 6) is 0. The summed E-state index contributed by atoms with van der Waals surface area (Å²) >= 11 is 0. The van der Waals surface area contributed by atoms with Crippen LogP contribution < -0.4 is 5.32 Å². The van der Waals surface area contributed by atoms with Crippen LogP contribution in [0.25, 0.3) is 11.0 Å². The smallest absolute Gasteiger partial charge is 0.0955 e. The summed E-state index contributed by atoms with van der Waals surface area (Å²) in [6, 6.07) is 15.0. The third-order valence-electron chi connectivity index (χ3n) is 3.44. The predicted molar refractivity (Wildman–Crippen MR) is 79.5 cm³/mol. The molecule has 3 nitrogen and oxygen atoms in total. The van der Waals surface area contributed by atoms with Crippen LogP contribution in [-0.4, -0.2) is 16.6 Å². The Balaban J connectivity index is 1.87. The Hall–Kier alpha value is -2.29. The van der Waals surface area contributed by atoms with Crippen LogP contribution in [-0.2, 0) is 13.5 Å². The minimum Gasteiger partial charge on any atom is -0.388 e. The lowest BCUT2D eigenvalue weighted by Gasteiger charge is -2.04. The van der Waals surface area contributed by atoms with Crippen molar-refractivity contribution in [1.82, 2.24) is 9.55 Å². The van der Waals surface area contributed by atoms with Crippen molar-refractivity contribution in [2.75, 3.05) is 12.4 Å². The summed E-state index contributed by atoms with van der Waals surface area (Å²) in [4.78, 5) is 4.40. The van der Waals surface area contributed by atoms with Gasteiger partial charge in [0.25, 0.3) is 0 Å². The zero-order chi connectivity index (χ0) is 13.2. The molecule has 1 N–H and O–H groups in total. The van der Waals surface area contributed by atoms with Crippen LogP contribution in [0.4, 0.5) is 5.69 Å². The van der Waals surface area contributed by atoms with Crippen molar-refractivity contribution in [3.05, 3.63) is 59.9 Å². The largest absolute Gasteiger partial charge is 0.388 e. The molecular weight excluding hydrogens is 234 g/mol. The summed E-state index contributed by atoms with van der Waals surface area (Å²) < 4.78 is 2.04. The standard InChI is InChI=1S/C16H17N3/c1-17-14-6-3-12(4-7-14)9-13-5-8-16-15(10-13)18-11-19(16)2/h3-8,10-11,17H,9H2,1-2H3. The highest BCUT2D eigenvalue weighted by Crippen LogP contribution is 2.17. The van der Waals surface area contributed by atoms with Gasteiger partial charge < -0.3 is 9.88 Å². The first kappa shape index (κ1) is 11.8. The molecule has 19 heavy (non-hydrogen) atoms. The normalized spacial score (nSPS) is 10.8. The van der Waals surface area contributed by atoms with E-state index in [1.165, 1.54) is 16.6 Å². The number of anilines is 1. The molecule has 0 aliphatic rings. The van der Waals surface area contributed by atoms with Crippen molar-refractivity contribution in [1.29, 1.82) is 0 Å². The van der Waals surface area contributed by atoms with Crippen molar-refractivity contribution in [3.8, 4) is 0 Å². The number of aromatic nitrogens is 2. The maximum atomic E-state index is 4.40. The van der Waals surface area contributed by atoms with Gasteiger partial charge in [-0.05, 0) is 41.8 Å². The van der Waals surface area contributed by atoms with Crippen molar-refractivity contribution in [3.63, 3.8) is 0 Å². The lowest BCUT2D eigenvalue weighted by atomic mass is 10.0. The number of benzene rings is 2. The molecular formula is C16H17N3. The maximum Gasteiger partial charge on any atom is 0.0955 e. The van der Waals surface area contributed by atoms with Gasteiger partial charge >= 0.3 is 0 Å². The molecule has 96 valence electrons. The van der Waals surface area contributed by atoms with E-state index in [0.29, 0.717) is 0 Å². The average molecular weight is 251 g/mol. The first-order valence-corrected chi connectivity index (χ1v) is 6.43. The predicted octanol–water partition coefficient (Wildman–Crippen LogP) is 3.21. The van der Waals surface area contributed by atoms with Crippen LogP contribution in [0.2, 0.25) is 0 Å². The fourth-order valence-electron chi connectivity index (χ4n) is 2.32. The molecule has 0 aliphatic heterocycles. The first-order chi connectivity index (χ1) is 9.26. The van der Waals surface area contributed by atoms with E-state index < -0.39 is 0 Å². The van der Waals surface area contributed by atoms with Crippen LogP contribution >= 0.6 is 0 Å². The number of imidazole rings is 1. The number of fused-ring (bicyclic) bond motifs is 1. The van der Waals surface area contributed by atoms with E-state index in [2.05, 4.69) is 52.8 Å². The second kappa shape index (κ2) is 4.76. The Morgan fingerprint density at radius 3 is 2.53 bits per heavy atom. The summed E-state index contributed by atoms with van der Waals surface area (Å²) in [6.45, 7) is 0. The zero-order valence-electron chi connectivity index (χ0n) is 11.2. The highest BCUT2D eigenvalue weighted by molar-refractivity contribution is 5.76. The van der Waals surface area contributed by atoms with Crippen LogP contribution in [0.3, 0.4) is 0 Å². The molecule has 0 aliphatic carbocycles. The van der Waals surface area contributed by atoms with Crippen LogP contribution in [0.5, 0.6) is 0 Å². The number of nitrogens with zero attached hydrogens (tertiary/aromatic N) is 2. The second-order valence-corrected chi connectivity index (χ2v) is 4.80. The number of nitrogens with one attached hydrogen (secondary N) is 1. The van der Waals surface area contributed by atoms with Gasteiger partial charge in [0.05, 0.1) is 17.4 Å². The molecule has 3 aromatic rings. The Labute approximate surface area is 112 Å². The minimum atomic E-state index is 0.941. The Morgan fingerprint density at radius 1 is 1.05 bits per heavy atom. The molecule has 2 aromatic carbocycles. The van der Waals surface area contributed by atoms with Crippen molar-refractivity contribution < 1.29 is 0 Å². The fourth-order valence-corrected chi connectivity index (χ4v) is 2.32. The van der Waals surface area contributed by atoms with Gasteiger partial charge in [-0.1, -0.05) is 18.2 Å². The van der Waals surface area contributed by atoms with Crippen LogP contribution in [0.15, 0.2) is 48.8 Å². The van der Waals surface area contributed by atoms with E-state index >= 15 is 0 Å². The summed E-state index contributed by atoms with van der Waals surface area (Å²) in [5.41, 5.74) is 5.99. The van der Waals surface area contributed by atoms with Gasteiger partial charge in [0, 0.05) is 19.8 Å². The van der Waals surface area contributed by atoms with Gasteiger partial charge in [0.15, 0.2) is 0 Å². The average Bonchev–Trinajstić information content (AvgIpc) is 2.81. The molecule has 1 heterocycles. The van der Waals surface area contributed by atoms with Gasteiger partial charge in [-0.15, -0.1) is 0 Å². The summed E-state index contributed by atoms with van der Waals surface area (Å²) in [7, 11) is 3.95. The first-order valence-electron chi connectivity index (χ1n) is 6.43. The van der Waals surface area contributed by atoms with Crippen LogP contribution in [0, 0.1) is 0 Å². The second-order valence-electron chi connectivity index (χ2n) is 4.80. The zero-order valence-corrected chi connectivity index (χ0v) is 11.2. The lowest BCUT2D eigenvalue weighted by molar-refractivity contribution is 0.947. The highest BCUT2D eigenvalue weighted by atomic mass is 15.0. The van der Waals surface area contributed by atoms with E-state index in [-0.39, 0.29) is 0 Å². The molecule has 0 saturated carbocycles. The quantitative estimate of drug-likeness (QED) is 0.774. The Bertz CT molecular complexity index is 696. The third kappa shape index (κ3) is 2.32. The molecule has 0 saturated heterocycles. The fraction of sp³-hybridized carbons (Fsp3) is 0.188. The highest BCUT2D eigenvalue weighted by Gasteiger charge is 2.02. The third-order valence-corrected chi connectivity index (χ3v) is 3.44. The maximum absolute atomic E-state index is 4.40. The summed E-state index contributed by atoms with van der Waals surface area (Å²) in [5, 5.41) is 3.13. The topological polar surface area (TPSA) is 29.9 Å². The van der Waals surface area contributed by atoms with E-state index in [1.807, 2.05) is 25.0 Å². The monoisotopic (exact) mass is 251 g/mol. The molecule has 0 bridgehead atoms. The molecule has 0 amide bonds. The molecule has 0 radical (unpaired) electrons. The Kier molecular flexibility index (Phi) is 2.95. The SMILES string of the molecule is CNc1ccc(Cc2ccc3c(c2)ncn3C)cc1. The summed E-state index contributed by atoms with van der Waals surface area (Å²) in [6.07, 6.45) is 2.80. The van der Waals surface area contributed by atoms with Gasteiger partial charge in [0.2, 0.25) is 0 Å². The number of hydrogen-bond acceptors (Lipinski definition) is 2. The molecule has 0 atom stereocenters. The van der Waals surface area contributed by atoms with E-state index in [9.17, 15) is 0 Å². The van der Waals surface area contributed by atoms with Crippen molar-refractivity contribution in [2.45, 2.75) is 6.42 Å². The molecule has 1 aromatic heterocycles. The van der Waals surface area contributed by atoms with Crippen LogP contribution in [0.1, 0.15) is 11.1 Å². The Morgan fingerprint density at radius 2 is 1.79 bits per heavy atom. The van der Waals surface area contributed by atoms with Crippen molar-refractivity contribution >= 4 is 16.7 Å². The number of hydrogen-bond donors (Lipinski definition) is 1. The van der Waals surface area contributed by atoms with Gasteiger partial charge in [-0.2, -0.15) is 0 Å². The molecule has 0 fully saturated rings. The molecule has 3 rings (SSSR count). The van der Waals surface area contributed by atoms with E-state index in [1.54, 1.807) is 0 Å².